The van der Waals surface area contributed by atoms with Gasteiger partial charge in [-0.15, -0.1) is 0 Å². The topological polar surface area (TPSA) is 59.5 Å². The molecular weight excluding hydrogens is 475 g/mol. The fourth-order valence-electron chi connectivity index (χ4n) is 4.76. The van der Waals surface area contributed by atoms with E-state index in [0.29, 0.717) is 35.1 Å². The summed E-state index contributed by atoms with van der Waals surface area (Å²) in [6.45, 7) is 4.06. The van der Waals surface area contributed by atoms with Crippen LogP contribution in [-0.4, -0.2) is 59.7 Å². The van der Waals surface area contributed by atoms with E-state index in [-0.39, 0.29) is 5.02 Å². The summed E-state index contributed by atoms with van der Waals surface area (Å²) in [7, 11) is 1.62. The normalized spacial score (nSPS) is 20.3. The van der Waals surface area contributed by atoms with Gasteiger partial charge in [-0.25, -0.2) is 14.4 Å². The number of anilines is 2. The third kappa shape index (κ3) is 5.19. The van der Waals surface area contributed by atoms with Crippen molar-refractivity contribution in [1.82, 2.24) is 14.9 Å². The molecule has 2 aliphatic heterocycles. The van der Waals surface area contributed by atoms with Gasteiger partial charge in [-0.2, -0.15) is 11.8 Å². The summed E-state index contributed by atoms with van der Waals surface area (Å²) in [5.41, 5.74) is 1.35. The van der Waals surface area contributed by atoms with Gasteiger partial charge in [0, 0.05) is 30.2 Å². The van der Waals surface area contributed by atoms with Gasteiger partial charge in [-0.1, -0.05) is 11.6 Å². The van der Waals surface area contributed by atoms with Crippen molar-refractivity contribution in [2.24, 2.45) is 11.8 Å². The minimum atomic E-state index is -0.466. The molecule has 34 heavy (non-hydrogen) atoms. The van der Waals surface area contributed by atoms with Crippen molar-refractivity contribution in [2.45, 2.75) is 12.8 Å². The van der Waals surface area contributed by atoms with E-state index in [2.05, 4.69) is 31.9 Å². The van der Waals surface area contributed by atoms with E-state index in [0.717, 1.165) is 30.2 Å². The standard InChI is InChI=1S/C25H28ClFN4O2S/c1-32-23-11-22-19(25(29-15-28-22)30-18-3-4-21(27)20(26)9-18)10-24(23)33-8-2-6-31-7-5-16-13-34-14-17(16)12-31/h3-4,9-11,15-17H,2,5-8,12-14H2,1H3,(H,28,29,30). The third-order valence-corrected chi connectivity index (χ3v) is 8.24. The van der Waals surface area contributed by atoms with Gasteiger partial charge in [-0.05, 0) is 67.0 Å². The number of hydrogen-bond donors (Lipinski definition) is 1. The summed E-state index contributed by atoms with van der Waals surface area (Å²) < 4.78 is 25.2. The second-order valence-corrected chi connectivity index (χ2v) is 10.3. The summed E-state index contributed by atoms with van der Waals surface area (Å²) in [6.07, 6.45) is 3.75. The predicted octanol–water partition coefficient (Wildman–Crippen LogP) is 5.63. The Hall–Kier alpha value is -2.29. The number of likely N-dealkylation sites (tertiary alicyclic amines) is 1. The van der Waals surface area contributed by atoms with Gasteiger partial charge in [0.25, 0.3) is 0 Å². The third-order valence-electron chi connectivity index (χ3n) is 6.62. The zero-order valence-electron chi connectivity index (χ0n) is 19.1. The summed E-state index contributed by atoms with van der Waals surface area (Å²) in [4.78, 5) is 11.3. The Morgan fingerprint density at radius 3 is 2.91 bits per heavy atom. The van der Waals surface area contributed by atoms with Crippen LogP contribution >= 0.6 is 23.4 Å². The van der Waals surface area contributed by atoms with Crippen LogP contribution in [0.4, 0.5) is 15.9 Å². The second-order valence-electron chi connectivity index (χ2n) is 8.85. The maximum absolute atomic E-state index is 13.5. The maximum atomic E-state index is 13.5. The van der Waals surface area contributed by atoms with Crippen LogP contribution in [0.3, 0.4) is 0 Å². The molecule has 0 saturated carbocycles. The first-order valence-corrected chi connectivity index (χ1v) is 13.1. The van der Waals surface area contributed by atoms with E-state index >= 15 is 0 Å². The number of piperidine rings is 1. The molecule has 0 aliphatic carbocycles. The average molecular weight is 503 g/mol. The van der Waals surface area contributed by atoms with E-state index in [9.17, 15) is 4.39 Å². The molecule has 1 aromatic heterocycles. The van der Waals surface area contributed by atoms with E-state index in [1.165, 1.54) is 49.5 Å². The molecule has 3 aromatic rings. The number of nitrogens with one attached hydrogen (secondary N) is 1. The molecule has 1 N–H and O–H groups in total. The number of ether oxygens (including phenoxy) is 2. The maximum Gasteiger partial charge on any atom is 0.162 e. The summed E-state index contributed by atoms with van der Waals surface area (Å²) in [5.74, 6) is 5.84. The summed E-state index contributed by atoms with van der Waals surface area (Å²) in [6, 6.07) is 8.20. The first-order valence-electron chi connectivity index (χ1n) is 11.6. The molecule has 180 valence electrons. The van der Waals surface area contributed by atoms with Crippen LogP contribution in [0.1, 0.15) is 12.8 Å². The predicted molar refractivity (Wildman–Crippen MR) is 136 cm³/mol. The number of halogens is 2. The molecular formula is C25H28ClFN4O2S. The SMILES string of the molecule is COc1cc2ncnc(Nc3ccc(F)c(Cl)c3)c2cc1OCCCN1CCC2CSCC2C1. The van der Waals surface area contributed by atoms with Gasteiger partial charge in [-0.3, -0.25) is 0 Å². The van der Waals surface area contributed by atoms with Gasteiger partial charge in [0.15, 0.2) is 11.5 Å². The van der Waals surface area contributed by atoms with Crippen molar-refractivity contribution in [2.75, 3.05) is 50.2 Å². The first kappa shape index (κ1) is 23.5. The first-order chi connectivity index (χ1) is 16.6. The number of benzene rings is 2. The zero-order chi connectivity index (χ0) is 23.5. The van der Waals surface area contributed by atoms with Crippen LogP contribution in [0.15, 0.2) is 36.7 Å². The lowest BCUT2D eigenvalue weighted by molar-refractivity contribution is 0.139. The van der Waals surface area contributed by atoms with Crippen molar-refractivity contribution in [3.8, 4) is 11.5 Å². The van der Waals surface area contributed by atoms with Crippen LogP contribution in [-0.2, 0) is 0 Å². The van der Waals surface area contributed by atoms with E-state index in [1.807, 2.05) is 12.1 Å². The largest absolute Gasteiger partial charge is 0.493 e. The monoisotopic (exact) mass is 502 g/mol. The number of aromatic nitrogens is 2. The fourth-order valence-corrected chi connectivity index (χ4v) is 6.49. The van der Waals surface area contributed by atoms with Crippen LogP contribution in [0.5, 0.6) is 11.5 Å². The average Bonchev–Trinajstić information content (AvgIpc) is 3.32. The molecule has 2 atom stereocenters. The van der Waals surface area contributed by atoms with Gasteiger partial charge in [0.1, 0.15) is 18.0 Å². The summed E-state index contributed by atoms with van der Waals surface area (Å²) in [5, 5.41) is 4.02. The summed E-state index contributed by atoms with van der Waals surface area (Å²) >= 11 is 8.04. The fraction of sp³-hybridized carbons (Fsp3) is 0.440. The molecule has 5 rings (SSSR count). The lowest BCUT2D eigenvalue weighted by atomic mass is 9.89. The number of hydrogen-bond acceptors (Lipinski definition) is 7. The Morgan fingerprint density at radius 1 is 1.18 bits per heavy atom. The smallest absolute Gasteiger partial charge is 0.162 e. The number of methoxy groups -OCH3 is 1. The van der Waals surface area contributed by atoms with Crippen LogP contribution in [0, 0.1) is 17.7 Å². The molecule has 0 bridgehead atoms. The molecule has 0 radical (unpaired) electrons. The van der Waals surface area contributed by atoms with Crippen molar-refractivity contribution in [3.05, 3.63) is 47.5 Å². The Balaban J connectivity index is 1.26. The van der Waals surface area contributed by atoms with Crippen molar-refractivity contribution in [3.63, 3.8) is 0 Å². The molecule has 0 amide bonds. The van der Waals surface area contributed by atoms with E-state index < -0.39 is 5.82 Å². The molecule has 3 heterocycles. The van der Waals surface area contributed by atoms with Crippen molar-refractivity contribution >= 4 is 45.8 Å². The van der Waals surface area contributed by atoms with Crippen molar-refractivity contribution in [1.29, 1.82) is 0 Å². The van der Waals surface area contributed by atoms with E-state index in [4.69, 9.17) is 21.1 Å². The zero-order valence-corrected chi connectivity index (χ0v) is 20.7. The Morgan fingerprint density at radius 2 is 2.06 bits per heavy atom. The minimum absolute atomic E-state index is 0.0463. The lowest BCUT2D eigenvalue weighted by Gasteiger charge is -2.34. The number of fused-ring (bicyclic) bond motifs is 2. The molecule has 0 spiro atoms. The number of rotatable bonds is 8. The van der Waals surface area contributed by atoms with Crippen molar-refractivity contribution < 1.29 is 13.9 Å². The van der Waals surface area contributed by atoms with Gasteiger partial charge < -0.3 is 19.7 Å². The minimum Gasteiger partial charge on any atom is -0.493 e. The molecule has 2 unspecified atom stereocenters. The lowest BCUT2D eigenvalue weighted by Crippen LogP contribution is -2.40. The Bertz CT molecular complexity index is 1170. The van der Waals surface area contributed by atoms with Crippen LogP contribution in [0.25, 0.3) is 10.9 Å². The molecule has 2 fully saturated rings. The molecule has 2 aliphatic rings. The quantitative estimate of drug-likeness (QED) is 0.401. The van der Waals surface area contributed by atoms with Crippen LogP contribution < -0.4 is 14.8 Å². The molecule has 6 nitrogen and oxygen atoms in total. The number of nitrogens with zero attached hydrogens (tertiary/aromatic N) is 3. The highest BCUT2D eigenvalue weighted by molar-refractivity contribution is 7.99. The highest BCUT2D eigenvalue weighted by atomic mass is 35.5. The highest BCUT2D eigenvalue weighted by Gasteiger charge is 2.32. The molecule has 9 heteroatoms. The Labute approximate surface area is 208 Å². The van der Waals surface area contributed by atoms with Gasteiger partial charge >= 0.3 is 0 Å². The Kier molecular flexibility index (Phi) is 7.27. The van der Waals surface area contributed by atoms with Gasteiger partial charge in [0.2, 0.25) is 0 Å². The number of thioether (sulfide) groups is 1. The van der Waals surface area contributed by atoms with E-state index in [1.54, 1.807) is 13.2 Å². The van der Waals surface area contributed by atoms with Gasteiger partial charge in [0.05, 0.1) is 24.3 Å². The molecule has 2 saturated heterocycles. The highest BCUT2D eigenvalue weighted by Crippen LogP contribution is 2.37. The molecule has 2 aromatic carbocycles. The van der Waals surface area contributed by atoms with Crippen LogP contribution in [0.2, 0.25) is 5.02 Å². The second kappa shape index (κ2) is 10.5.